The van der Waals surface area contributed by atoms with Crippen LogP contribution in [0.15, 0.2) is 48.8 Å². The van der Waals surface area contributed by atoms with E-state index in [1.807, 2.05) is 12.3 Å². The molecule has 2 aromatic rings. The van der Waals surface area contributed by atoms with Crippen LogP contribution in [0.25, 0.3) is 0 Å². The molecule has 0 atom stereocenters. The number of hydrogen-bond acceptors (Lipinski definition) is 3. The maximum Gasteiger partial charge on any atom is 0.0416 e. The van der Waals surface area contributed by atoms with Crippen molar-refractivity contribution in [3.8, 4) is 0 Å². The number of hydrogen-bond donors (Lipinski definition) is 1. The van der Waals surface area contributed by atoms with Crippen LogP contribution in [-0.4, -0.2) is 23.0 Å². The molecule has 0 aliphatic heterocycles. The fraction of sp³-hybridized carbons (Fsp3) is 0.353. The number of pyridine rings is 1. The van der Waals surface area contributed by atoms with Gasteiger partial charge in [0.1, 0.15) is 0 Å². The molecule has 20 heavy (non-hydrogen) atoms. The summed E-state index contributed by atoms with van der Waals surface area (Å²) in [4.78, 5) is 6.57. The first-order valence-electron chi connectivity index (χ1n) is 7.26. The summed E-state index contributed by atoms with van der Waals surface area (Å²) in [6.45, 7) is 8.36. The van der Waals surface area contributed by atoms with Gasteiger partial charge < -0.3 is 5.32 Å². The van der Waals surface area contributed by atoms with Crippen LogP contribution in [0, 0.1) is 0 Å². The monoisotopic (exact) mass is 269 g/mol. The van der Waals surface area contributed by atoms with Gasteiger partial charge >= 0.3 is 0 Å². The Morgan fingerprint density at radius 1 is 1.05 bits per heavy atom. The SMILES string of the molecule is CCN(CC)Cc1ccccc1NCc1cccnc1. The third-order valence-corrected chi connectivity index (χ3v) is 3.51. The summed E-state index contributed by atoms with van der Waals surface area (Å²) in [6.07, 6.45) is 3.71. The molecule has 0 unspecified atom stereocenters. The minimum absolute atomic E-state index is 0.809. The zero-order valence-corrected chi connectivity index (χ0v) is 12.3. The van der Waals surface area contributed by atoms with E-state index >= 15 is 0 Å². The Labute approximate surface area is 121 Å². The van der Waals surface area contributed by atoms with E-state index in [2.05, 4.69) is 59.4 Å². The van der Waals surface area contributed by atoms with Crippen molar-refractivity contribution < 1.29 is 0 Å². The molecule has 106 valence electrons. The summed E-state index contributed by atoms with van der Waals surface area (Å²) in [5, 5.41) is 3.52. The van der Waals surface area contributed by atoms with Gasteiger partial charge in [0.15, 0.2) is 0 Å². The Morgan fingerprint density at radius 3 is 2.55 bits per heavy atom. The van der Waals surface area contributed by atoms with E-state index in [4.69, 9.17) is 0 Å². The maximum absolute atomic E-state index is 4.15. The molecule has 3 heteroatoms. The van der Waals surface area contributed by atoms with Crippen LogP contribution in [0.5, 0.6) is 0 Å². The van der Waals surface area contributed by atoms with Gasteiger partial charge in [0.25, 0.3) is 0 Å². The molecule has 0 aliphatic carbocycles. The third-order valence-electron chi connectivity index (χ3n) is 3.51. The topological polar surface area (TPSA) is 28.2 Å². The van der Waals surface area contributed by atoms with Crippen molar-refractivity contribution >= 4 is 5.69 Å². The second-order valence-electron chi connectivity index (χ2n) is 4.83. The zero-order chi connectivity index (χ0) is 14.2. The molecule has 1 aromatic carbocycles. The van der Waals surface area contributed by atoms with E-state index in [-0.39, 0.29) is 0 Å². The minimum atomic E-state index is 0.809. The van der Waals surface area contributed by atoms with Gasteiger partial charge in [0.05, 0.1) is 0 Å². The highest BCUT2D eigenvalue weighted by molar-refractivity contribution is 5.51. The number of para-hydroxylation sites is 1. The molecule has 0 fully saturated rings. The number of rotatable bonds is 7. The van der Waals surface area contributed by atoms with E-state index in [0.717, 1.165) is 26.2 Å². The van der Waals surface area contributed by atoms with Gasteiger partial charge in [-0.3, -0.25) is 9.88 Å². The highest BCUT2D eigenvalue weighted by Gasteiger charge is 2.05. The van der Waals surface area contributed by atoms with Gasteiger partial charge in [-0.05, 0) is 36.3 Å². The smallest absolute Gasteiger partial charge is 0.0416 e. The first-order valence-corrected chi connectivity index (χ1v) is 7.26. The number of benzene rings is 1. The highest BCUT2D eigenvalue weighted by Crippen LogP contribution is 2.18. The predicted molar refractivity (Wildman–Crippen MR) is 84.6 cm³/mol. The molecule has 2 rings (SSSR count). The summed E-state index contributed by atoms with van der Waals surface area (Å²) in [7, 11) is 0. The Morgan fingerprint density at radius 2 is 1.85 bits per heavy atom. The van der Waals surface area contributed by atoms with E-state index in [1.54, 1.807) is 6.20 Å². The van der Waals surface area contributed by atoms with Crippen molar-refractivity contribution in [2.75, 3.05) is 18.4 Å². The summed E-state index contributed by atoms with van der Waals surface area (Å²) >= 11 is 0. The van der Waals surface area contributed by atoms with E-state index < -0.39 is 0 Å². The molecular weight excluding hydrogens is 246 g/mol. The van der Waals surface area contributed by atoms with Crippen LogP contribution in [0.4, 0.5) is 5.69 Å². The molecule has 1 aromatic heterocycles. The van der Waals surface area contributed by atoms with Crippen molar-refractivity contribution in [2.45, 2.75) is 26.9 Å². The average Bonchev–Trinajstić information content (AvgIpc) is 2.52. The minimum Gasteiger partial charge on any atom is -0.381 e. The average molecular weight is 269 g/mol. The van der Waals surface area contributed by atoms with E-state index in [9.17, 15) is 0 Å². The molecule has 0 saturated heterocycles. The molecule has 0 bridgehead atoms. The molecule has 1 N–H and O–H groups in total. The maximum atomic E-state index is 4.15. The quantitative estimate of drug-likeness (QED) is 0.833. The number of nitrogens with zero attached hydrogens (tertiary/aromatic N) is 2. The molecule has 0 radical (unpaired) electrons. The zero-order valence-electron chi connectivity index (χ0n) is 12.3. The fourth-order valence-electron chi connectivity index (χ4n) is 2.22. The van der Waals surface area contributed by atoms with Crippen LogP contribution < -0.4 is 5.32 Å². The first kappa shape index (κ1) is 14.5. The second kappa shape index (κ2) is 7.65. The van der Waals surface area contributed by atoms with Crippen molar-refractivity contribution in [3.05, 3.63) is 59.9 Å². The van der Waals surface area contributed by atoms with Gasteiger partial charge in [-0.15, -0.1) is 0 Å². The fourth-order valence-corrected chi connectivity index (χ4v) is 2.22. The summed E-state index contributed by atoms with van der Waals surface area (Å²) in [6, 6.07) is 12.6. The largest absolute Gasteiger partial charge is 0.381 e. The molecule has 3 nitrogen and oxygen atoms in total. The lowest BCUT2D eigenvalue weighted by atomic mass is 10.1. The van der Waals surface area contributed by atoms with Crippen LogP contribution in [0.3, 0.4) is 0 Å². The molecular formula is C17H23N3. The molecule has 0 aliphatic rings. The van der Waals surface area contributed by atoms with Crippen molar-refractivity contribution in [2.24, 2.45) is 0 Å². The van der Waals surface area contributed by atoms with E-state index in [1.165, 1.54) is 16.8 Å². The van der Waals surface area contributed by atoms with Crippen molar-refractivity contribution in [3.63, 3.8) is 0 Å². The van der Waals surface area contributed by atoms with E-state index in [0.29, 0.717) is 0 Å². The standard InChI is InChI=1S/C17H23N3/c1-3-20(4-2)14-16-9-5-6-10-17(16)19-13-15-8-7-11-18-12-15/h5-12,19H,3-4,13-14H2,1-2H3. The van der Waals surface area contributed by atoms with Gasteiger partial charge in [0, 0.05) is 31.2 Å². The van der Waals surface area contributed by atoms with Crippen molar-refractivity contribution in [1.29, 1.82) is 0 Å². The lowest BCUT2D eigenvalue weighted by Crippen LogP contribution is -2.22. The van der Waals surface area contributed by atoms with Gasteiger partial charge in [-0.25, -0.2) is 0 Å². The summed E-state index contributed by atoms with van der Waals surface area (Å²) < 4.78 is 0. The Bertz CT molecular complexity index is 507. The molecule has 0 saturated carbocycles. The summed E-state index contributed by atoms with van der Waals surface area (Å²) in [5.74, 6) is 0. The molecule has 1 heterocycles. The first-order chi connectivity index (χ1) is 9.83. The second-order valence-corrected chi connectivity index (χ2v) is 4.83. The van der Waals surface area contributed by atoms with Crippen LogP contribution in [-0.2, 0) is 13.1 Å². The highest BCUT2D eigenvalue weighted by atomic mass is 15.1. The predicted octanol–water partition coefficient (Wildman–Crippen LogP) is 3.54. The molecule has 0 spiro atoms. The van der Waals surface area contributed by atoms with Gasteiger partial charge in [-0.1, -0.05) is 38.1 Å². The normalized spacial score (nSPS) is 10.8. The van der Waals surface area contributed by atoms with Crippen LogP contribution >= 0.6 is 0 Å². The lowest BCUT2D eigenvalue weighted by Gasteiger charge is -2.20. The van der Waals surface area contributed by atoms with Gasteiger partial charge in [-0.2, -0.15) is 0 Å². The number of nitrogens with one attached hydrogen (secondary N) is 1. The molecule has 0 amide bonds. The summed E-state index contributed by atoms with van der Waals surface area (Å²) in [5.41, 5.74) is 3.76. The van der Waals surface area contributed by atoms with Gasteiger partial charge in [0.2, 0.25) is 0 Å². The Balaban J connectivity index is 2.04. The van der Waals surface area contributed by atoms with Crippen LogP contribution in [0.2, 0.25) is 0 Å². The Hall–Kier alpha value is -1.87. The number of aromatic nitrogens is 1. The Kier molecular flexibility index (Phi) is 5.56. The lowest BCUT2D eigenvalue weighted by molar-refractivity contribution is 0.296. The number of anilines is 1. The van der Waals surface area contributed by atoms with Crippen molar-refractivity contribution in [1.82, 2.24) is 9.88 Å². The third kappa shape index (κ3) is 4.07. The van der Waals surface area contributed by atoms with Crippen LogP contribution in [0.1, 0.15) is 25.0 Å².